The molecule has 0 aliphatic carbocycles. The van der Waals surface area contributed by atoms with Gasteiger partial charge in [0.15, 0.2) is 0 Å². The lowest BCUT2D eigenvalue weighted by molar-refractivity contribution is -0.0351. The van der Waals surface area contributed by atoms with Crippen LogP contribution < -0.4 is 5.32 Å². The van der Waals surface area contributed by atoms with Gasteiger partial charge in [0.1, 0.15) is 5.60 Å². The number of nitrogens with one attached hydrogen (secondary N) is 1. The average molecular weight is 327 g/mol. The predicted molar refractivity (Wildman–Crippen MR) is 90.6 cm³/mol. The van der Waals surface area contributed by atoms with E-state index in [4.69, 9.17) is 9.47 Å². The molecule has 0 aromatic heterocycles. The number of carbonyl (C=O) groups excluding carboxylic acids is 1. The number of morpholine rings is 1. The van der Waals surface area contributed by atoms with Crippen LogP contribution in [0.2, 0.25) is 0 Å². The zero-order valence-corrected chi connectivity index (χ0v) is 15.1. The zero-order valence-electron chi connectivity index (χ0n) is 15.1. The van der Waals surface area contributed by atoms with E-state index in [2.05, 4.69) is 22.2 Å². The van der Waals surface area contributed by atoms with Gasteiger partial charge >= 0.3 is 6.09 Å². The van der Waals surface area contributed by atoms with Crippen molar-refractivity contribution in [1.29, 1.82) is 0 Å². The molecule has 0 spiro atoms. The van der Waals surface area contributed by atoms with Crippen molar-refractivity contribution >= 4 is 6.09 Å². The summed E-state index contributed by atoms with van der Waals surface area (Å²) in [5.74, 6) is 0.795. The van der Waals surface area contributed by atoms with Gasteiger partial charge in [-0.05, 0) is 59.7 Å². The quantitative estimate of drug-likeness (QED) is 0.849. The molecule has 1 unspecified atom stereocenters. The first-order valence-corrected chi connectivity index (χ1v) is 8.81. The molecule has 6 nitrogen and oxygen atoms in total. The highest BCUT2D eigenvalue weighted by Gasteiger charge is 2.25. The van der Waals surface area contributed by atoms with Crippen molar-refractivity contribution in [3.63, 3.8) is 0 Å². The maximum absolute atomic E-state index is 11.7. The molecule has 1 amide bonds. The van der Waals surface area contributed by atoms with Crippen LogP contribution in [0.25, 0.3) is 0 Å². The third kappa shape index (κ3) is 7.06. The number of hydrogen-bond donors (Lipinski definition) is 1. The molecule has 2 aliphatic heterocycles. The van der Waals surface area contributed by atoms with Crippen LogP contribution in [0, 0.1) is 5.92 Å². The number of hydrogen-bond acceptors (Lipinski definition) is 5. The Morgan fingerprint density at radius 3 is 2.61 bits per heavy atom. The second-order valence-corrected chi connectivity index (χ2v) is 7.88. The van der Waals surface area contributed by atoms with Crippen molar-refractivity contribution in [2.75, 3.05) is 52.9 Å². The Morgan fingerprint density at radius 1 is 1.26 bits per heavy atom. The van der Waals surface area contributed by atoms with Gasteiger partial charge in [0.25, 0.3) is 0 Å². The molecule has 2 saturated heterocycles. The number of ether oxygens (including phenoxy) is 2. The molecule has 0 aromatic rings. The molecular formula is C17H33N3O3. The van der Waals surface area contributed by atoms with E-state index in [-0.39, 0.29) is 12.2 Å². The molecule has 0 saturated carbocycles. The predicted octanol–water partition coefficient (Wildman–Crippen LogP) is 1.55. The Kier molecular flexibility index (Phi) is 6.68. The van der Waals surface area contributed by atoms with Crippen LogP contribution in [0.5, 0.6) is 0 Å². The number of likely N-dealkylation sites (tertiary alicyclic amines) is 1. The van der Waals surface area contributed by atoms with Crippen LogP contribution in [0.3, 0.4) is 0 Å². The van der Waals surface area contributed by atoms with Crippen molar-refractivity contribution in [3.05, 3.63) is 0 Å². The Labute approximate surface area is 140 Å². The maximum Gasteiger partial charge on any atom is 0.407 e. The van der Waals surface area contributed by atoms with E-state index in [1.165, 1.54) is 25.9 Å². The highest BCUT2D eigenvalue weighted by molar-refractivity contribution is 5.67. The third-order valence-electron chi connectivity index (χ3n) is 4.45. The first-order chi connectivity index (χ1) is 10.8. The number of nitrogens with zero attached hydrogens (tertiary/aromatic N) is 2. The van der Waals surface area contributed by atoms with E-state index in [0.29, 0.717) is 6.54 Å². The number of carbonyl (C=O) groups is 1. The Balaban J connectivity index is 1.68. The lowest BCUT2D eigenvalue weighted by atomic mass is 9.96. The van der Waals surface area contributed by atoms with Gasteiger partial charge in [-0.3, -0.25) is 4.90 Å². The molecule has 6 heteroatoms. The number of piperidine rings is 1. The van der Waals surface area contributed by atoms with Crippen molar-refractivity contribution in [2.45, 2.75) is 45.3 Å². The van der Waals surface area contributed by atoms with Crippen molar-refractivity contribution in [1.82, 2.24) is 15.1 Å². The van der Waals surface area contributed by atoms with Crippen molar-refractivity contribution in [3.8, 4) is 0 Å². The molecule has 1 atom stereocenters. The van der Waals surface area contributed by atoms with Crippen LogP contribution >= 0.6 is 0 Å². The minimum absolute atomic E-state index is 0.0579. The molecule has 0 aromatic carbocycles. The summed E-state index contributed by atoms with van der Waals surface area (Å²) in [6.07, 6.45) is 2.26. The molecule has 134 valence electrons. The van der Waals surface area contributed by atoms with Crippen LogP contribution in [0.4, 0.5) is 4.79 Å². The van der Waals surface area contributed by atoms with Crippen molar-refractivity contribution in [2.24, 2.45) is 5.92 Å². The van der Waals surface area contributed by atoms with E-state index in [0.717, 1.165) is 32.2 Å². The van der Waals surface area contributed by atoms with Crippen LogP contribution in [0.15, 0.2) is 0 Å². The molecule has 0 radical (unpaired) electrons. The van der Waals surface area contributed by atoms with Crippen molar-refractivity contribution < 1.29 is 14.3 Å². The molecule has 2 aliphatic rings. The smallest absolute Gasteiger partial charge is 0.407 e. The van der Waals surface area contributed by atoms with Gasteiger partial charge in [0.2, 0.25) is 0 Å². The fourth-order valence-corrected chi connectivity index (χ4v) is 3.19. The van der Waals surface area contributed by atoms with Gasteiger partial charge < -0.3 is 19.7 Å². The van der Waals surface area contributed by atoms with E-state index in [1.54, 1.807) is 0 Å². The Bertz CT molecular complexity index is 376. The molecule has 2 heterocycles. The summed E-state index contributed by atoms with van der Waals surface area (Å²) in [6.45, 7) is 12.3. The van der Waals surface area contributed by atoms with E-state index < -0.39 is 5.60 Å². The van der Waals surface area contributed by atoms with Gasteiger partial charge in [-0.1, -0.05) is 0 Å². The van der Waals surface area contributed by atoms with E-state index in [9.17, 15) is 4.79 Å². The average Bonchev–Trinajstić information content (AvgIpc) is 2.46. The summed E-state index contributed by atoms with van der Waals surface area (Å²) in [5.41, 5.74) is -0.461. The third-order valence-corrected chi connectivity index (χ3v) is 4.45. The molecular weight excluding hydrogens is 294 g/mol. The van der Waals surface area contributed by atoms with Gasteiger partial charge in [-0.15, -0.1) is 0 Å². The first-order valence-electron chi connectivity index (χ1n) is 8.81. The second kappa shape index (κ2) is 8.31. The van der Waals surface area contributed by atoms with E-state index in [1.807, 2.05) is 20.8 Å². The summed E-state index contributed by atoms with van der Waals surface area (Å²) in [7, 11) is 2.20. The highest BCUT2D eigenvalue weighted by Crippen LogP contribution is 2.18. The zero-order chi connectivity index (χ0) is 16.9. The fraction of sp³-hybridized carbons (Fsp3) is 0.941. The van der Waals surface area contributed by atoms with Gasteiger partial charge in [0, 0.05) is 26.2 Å². The highest BCUT2D eigenvalue weighted by atomic mass is 16.6. The first kappa shape index (κ1) is 18.5. The minimum atomic E-state index is -0.461. The lowest BCUT2D eigenvalue weighted by Gasteiger charge is -2.37. The molecule has 1 N–H and O–H groups in total. The summed E-state index contributed by atoms with van der Waals surface area (Å²) >= 11 is 0. The Hall–Kier alpha value is -0.850. The maximum atomic E-state index is 11.7. The molecule has 0 bridgehead atoms. The van der Waals surface area contributed by atoms with Crippen LogP contribution in [-0.2, 0) is 9.47 Å². The van der Waals surface area contributed by atoms with Gasteiger partial charge in [-0.25, -0.2) is 4.79 Å². The summed E-state index contributed by atoms with van der Waals surface area (Å²) in [4.78, 5) is 16.6. The minimum Gasteiger partial charge on any atom is -0.444 e. The van der Waals surface area contributed by atoms with E-state index >= 15 is 0 Å². The SMILES string of the molecule is CN1CCC(CN2CCOC(CNC(=O)OC(C)(C)C)C2)CC1. The van der Waals surface area contributed by atoms with Gasteiger partial charge in [-0.2, -0.15) is 0 Å². The standard InChI is InChI=1S/C17H33N3O3/c1-17(2,3)23-16(21)18-11-15-13-20(9-10-22-15)12-14-5-7-19(4)8-6-14/h14-15H,5-13H2,1-4H3,(H,18,21). The Morgan fingerprint density at radius 2 is 1.96 bits per heavy atom. The topological polar surface area (TPSA) is 54.0 Å². The molecule has 2 rings (SSSR count). The second-order valence-electron chi connectivity index (χ2n) is 7.88. The molecule has 2 fully saturated rings. The summed E-state index contributed by atoms with van der Waals surface area (Å²) in [5, 5.41) is 2.82. The normalized spacial score (nSPS) is 25.3. The summed E-state index contributed by atoms with van der Waals surface area (Å²) < 4.78 is 11.0. The number of amides is 1. The summed E-state index contributed by atoms with van der Waals surface area (Å²) in [6, 6.07) is 0. The van der Waals surface area contributed by atoms with Crippen LogP contribution in [-0.4, -0.2) is 80.5 Å². The number of rotatable bonds is 4. The number of alkyl carbamates (subject to hydrolysis) is 1. The molecule has 23 heavy (non-hydrogen) atoms. The lowest BCUT2D eigenvalue weighted by Crippen LogP contribution is -2.49. The van der Waals surface area contributed by atoms with Gasteiger partial charge in [0.05, 0.1) is 12.7 Å². The van der Waals surface area contributed by atoms with Crippen LogP contribution in [0.1, 0.15) is 33.6 Å². The monoisotopic (exact) mass is 327 g/mol. The fourth-order valence-electron chi connectivity index (χ4n) is 3.19. The largest absolute Gasteiger partial charge is 0.444 e.